The molecule has 6 rings (SSSR count). The third-order valence-corrected chi connectivity index (χ3v) is 8.12. The van der Waals surface area contributed by atoms with Gasteiger partial charge in [-0.2, -0.15) is 0 Å². The van der Waals surface area contributed by atoms with Gasteiger partial charge in [0.25, 0.3) is 0 Å². The zero-order chi connectivity index (χ0) is 25.2. The molecule has 0 unspecified atom stereocenters. The highest BCUT2D eigenvalue weighted by Gasteiger charge is 2.20. The summed E-state index contributed by atoms with van der Waals surface area (Å²) < 4.78 is 2.24. The number of rotatable bonds is 7. The van der Waals surface area contributed by atoms with E-state index in [0.29, 0.717) is 11.6 Å². The number of benzene rings is 3. The lowest BCUT2D eigenvalue weighted by Gasteiger charge is -2.29. The van der Waals surface area contributed by atoms with Crippen LogP contribution >= 0.6 is 11.8 Å². The number of carbonyl (C=O) groups excluding carboxylic acids is 1. The van der Waals surface area contributed by atoms with Crippen LogP contribution in [0.1, 0.15) is 35.1 Å². The molecule has 0 bridgehead atoms. The van der Waals surface area contributed by atoms with Crippen molar-refractivity contribution >= 4 is 39.7 Å². The Morgan fingerprint density at radius 3 is 2.62 bits per heavy atom. The summed E-state index contributed by atoms with van der Waals surface area (Å²) in [6.07, 6.45) is 2.26. The van der Waals surface area contributed by atoms with Crippen LogP contribution in [0.4, 0.5) is 0 Å². The summed E-state index contributed by atoms with van der Waals surface area (Å²) >= 11 is 1.57. The SMILES string of the molecule is Cc1ccccc1Cn1c2ccccc2c2nnc(SCCCC(=O)N3CCc4ccccc4C3)nc21. The quantitative estimate of drug-likeness (QED) is 0.206. The highest BCUT2D eigenvalue weighted by molar-refractivity contribution is 7.99. The maximum Gasteiger partial charge on any atom is 0.222 e. The highest BCUT2D eigenvalue weighted by Crippen LogP contribution is 2.29. The van der Waals surface area contributed by atoms with Gasteiger partial charge in [-0.25, -0.2) is 4.98 Å². The zero-order valence-corrected chi connectivity index (χ0v) is 21.7. The topological polar surface area (TPSA) is 63.9 Å². The fraction of sp³-hybridized carbons (Fsp3) is 0.267. The lowest BCUT2D eigenvalue weighted by Crippen LogP contribution is -2.35. The molecule has 1 aliphatic heterocycles. The van der Waals surface area contributed by atoms with E-state index in [2.05, 4.69) is 88.4 Å². The van der Waals surface area contributed by atoms with Crippen molar-refractivity contribution in [3.05, 3.63) is 95.1 Å². The van der Waals surface area contributed by atoms with Gasteiger partial charge < -0.3 is 9.47 Å². The van der Waals surface area contributed by atoms with Crippen LogP contribution in [-0.4, -0.2) is 42.9 Å². The molecule has 0 radical (unpaired) electrons. The van der Waals surface area contributed by atoms with E-state index in [9.17, 15) is 4.79 Å². The average molecular weight is 508 g/mol. The van der Waals surface area contributed by atoms with Crippen molar-refractivity contribution in [2.45, 2.75) is 44.4 Å². The van der Waals surface area contributed by atoms with Crippen LogP contribution in [0.5, 0.6) is 0 Å². The summed E-state index contributed by atoms with van der Waals surface area (Å²) in [6, 6.07) is 25.2. The predicted molar refractivity (Wildman–Crippen MR) is 149 cm³/mol. The number of aromatic nitrogens is 4. The van der Waals surface area contributed by atoms with E-state index in [4.69, 9.17) is 4.98 Å². The molecule has 2 aromatic heterocycles. The summed E-state index contributed by atoms with van der Waals surface area (Å²) in [5.41, 5.74) is 7.94. The van der Waals surface area contributed by atoms with E-state index in [1.807, 2.05) is 11.0 Å². The molecule has 3 aromatic carbocycles. The van der Waals surface area contributed by atoms with E-state index >= 15 is 0 Å². The maximum atomic E-state index is 12.8. The molecule has 5 aromatic rings. The fourth-order valence-electron chi connectivity index (χ4n) is 5.12. The van der Waals surface area contributed by atoms with Crippen molar-refractivity contribution in [2.24, 2.45) is 0 Å². The Morgan fingerprint density at radius 2 is 1.73 bits per heavy atom. The molecular formula is C30H29N5OS. The monoisotopic (exact) mass is 507 g/mol. The standard InChI is InChI=1S/C30H29N5OS/c1-21-9-2-3-11-23(21)20-35-26-14-7-6-13-25(26)28-29(35)31-30(33-32-28)37-18-8-15-27(36)34-17-16-22-10-4-5-12-24(22)19-34/h2-7,9-14H,8,15-20H2,1H3. The van der Waals surface area contributed by atoms with Crippen molar-refractivity contribution in [1.29, 1.82) is 0 Å². The first-order valence-electron chi connectivity index (χ1n) is 12.8. The smallest absolute Gasteiger partial charge is 0.222 e. The number of para-hydroxylation sites is 1. The zero-order valence-electron chi connectivity index (χ0n) is 20.9. The number of fused-ring (bicyclic) bond motifs is 4. The Bertz CT molecular complexity index is 1590. The van der Waals surface area contributed by atoms with Crippen LogP contribution in [0, 0.1) is 6.92 Å². The van der Waals surface area contributed by atoms with Crippen LogP contribution in [0.2, 0.25) is 0 Å². The van der Waals surface area contributed by atoms with E-state index < -0.39 is 0 Å². The van der Waals surface area contributed by atoms with Crippen molar-refractivity contribution in [3.63, 3.8) is 0 Å². The fourth-order valence-corrected chi connectivity index (χ4v) is 5.84. The van der Waals surface area contributed by atoms with Gasteiger partial charge in [0.05, 0.1) is 5.52 Å². The molecule has 37 heavy (non-hydrogen) atoms. The Morgan fingerprint density at radius 1 is 0.946 bits per heavy atom. The number of hydrogen-bond donors (Lipinski definition) is 0. The van der Waals surface area contributed by atoms with Crippen molar-refractivity contribution in [2.75, 3.05) is 12.3 Å². The molecule has 1 amide bonds. The van der Waals surface area contributed by atoms with Crippen LogP contribution in [0.3, 0.4) is 0 Å². The van der Waals surface area contributed by atoms with Gasteiger partial charge in [-0.05, 0) is 48.1 Å². The van der Waals surface area contributed by atoms with Gasteiger partial charge in [0, 0.05) is 37.2 Å². The van der Waals surface area contributed by atoms with Crippen LogP contribution in [0.25, 0.3) is 22.1 Å². The Labute approximate surface area is 220 Å². The number of nitrogens with zero attached hydrogens (tertiary/aromatic N) is 5. The summed E-state index contributed by atoms with van der Waals surface area (Å²) in [5.74, 6) is 1.00. The van der Waals surface area contributed by atoms with E-state index in [1.54, 1.807) is 11.8 Å². The highest BCUT2D eigenvalue weighted by atomic mass is 32.2. The molecule has 3 heterocycles. The second kappa shape index (κ2) is 10.3. The van der Waals surface area contributed by atoms with Crippen molar-refractivity contribution < 1.29 is 4.79 Å². The molecule has 0 atom stereocenters. The van der Waals surface area contributed by atoms with Crippen LogP contribution < -0.4 is 0 Å². The largest absolute Gasteiger partial charge is 0.338 e. The predicted octanol–water partition coefficient (Wildman–Crippen LogP) is 5.79. The summed E-state index contributed by atoms with van der Waals surface area (Å²) in [6.45, 7) is 4.39. The van der Waals surface area contributed by atoms with Crippen molar-refractivity contribution in [1.82, 2.24) is 24.6 Å². The lowest BCUT2D eigenvalue weighted by molar-refractivity contribution is -0.132. The average Bonchev–Trinajstić information content (AvgIpc) is 3.24. The van der Waals surface area contributed by atoms with Gasteiger partial charge in [-0.3, -0.25) is 4.79 Å². The molecule has 0 fully saturated rings. The van der Waals surface area contributed by atoms with Gasteiger partial charge in [0.1, 0.15) is 5.52 Å². The molecule has 0 saturated heterocycles. The third-order valence-electron chi connectivity index (χ3n) is 7.19. The van der Waals surface area contributed by atoms with E-state index in [0.717, 1.165) is 60.3 Å². The first-order valence-corrected chi connectivity index (χ1v) is 13.8. The minimum atomic E-state index is 0.225. The number of amides is 1. The first-order chi connectivity index (χ1) is 18.2. The van der Waals surface area contributed by atoms with Gasteiger partial charge in [0.2, 0.25) is 11.1 Å². The number of carbonyl (C=O) groups is 1. The van der Waals surface area contributed by atoms with Crippen LogP contribution in [0.15, 0.2) is 78.0 Å². The molecule has 6 nitrogen and oxygen atoms in total. The number of thioether (sulfide) groups is 1. The summed E-state index contributed by atoms with van der Waals surface area (Å²) in [4.78, 5) is 19.7. The Hall–Kier alpha value is -3.71. The molecule has 7 heteroatoms. The molecule has 0 aliphatic carbocycles. The lowest BCUT2D eigenvalue weighted by atomic mass is 10.00. The first kappa shape index (κ1) is 23.7. The number of aryl methyl sites for hydroxylation is 1. The summed E-state index contributed by atoms with van der Waals surface area (Å²) in [5, 5.41) is 10.7. The van der Waals surface area contributed by atoms with E-state index in [-0.39, 0.29) is 5.91 Å². The van der Waals surface area contributed by atoms with Gasteiger partial charge in [0.15, 0.2) is 5.65 Å². The van der Waals surface area contributed by atoms with Crippen molar-refractivity contribution in [3.8, 4) is 0 Å². The normalized spacial score (nSPS) is 13.3. The Kier molecular flexibility index (Phi) is 6.62. The van der Waals surface area contributed by atoms with Gasteiger partial charge in [-0.1, -0.05) is 78.5 Å². The summed E-state index contributed by atoms with van der Waals surface area (Å²) in [7, 11) is 0. The molecule has 0 saturated carbocycles. The molecule has 0 N–H and O–H groups in total. The molecule has 186 valence electrons. The second-order valence-electron chi connectivity index (χ2n) is 9.58. The van der Waals surface area contributed by atoms with Gasteiger partial charge >= 0.3 is 0 Å². The Balaban J connectivity index is 1.15. The molecule has 0 spiro atoms. The maximum absolute atomic E-state index is 12.8. The van der Waals surface area contributed by atoms with E-state index in [1.165, 1.54) is 22.3 Å². The molecule has 1 aliphatic rings. The number of hydrogen-bond acceptors (Lipinski definition) is 5. The third kappa shape index (κ3) is 4.83. The van der Waals surface area contributed by atoms with Gasteiger partial charge in [-0.15, -0.1) is 10.2 Å². The molecular weight excluding hydrogens is 478 g/mol. The van der Waals surface area contributed by atoms with Crippen LogP contribution in [-0.2, 0) is 24.3 Å². The second-order valence-corrected chi connectivity index (χ2v) is 10.6. The minimum absolute atomic E-state index is 0.225. The minimum Gasteiger partial charge on any atom is -0.338 e.